The molecular formula is C12H9N5O3. The summed E-state index contributed by atoms with van der Waals surface area (Å²) in [6.07, 6.45) is 1.62. The molecule has 1 aromatic heterocycles. The van der Waals surface area contributed by atoms with Gasteiger partial charge in [0.2, 0.25) is 0 Å². The second-order valence-electron chi connectivity index (χ2n) is 3.72. The van der Waals surface area contributed by atoms with Crippen LogP contribution >= 0.6 is 0 Å². The zero-order valence-electron chi connectivity index (χ0n) is 11.1. The Morgan fingerprint density at radius 3 is 3.10 bits per heavy atom. The lowest BCUT2D eigenvalue weighted by Gasteiger charge is -2.05. The van der Waals surface area contributed by atoms with Crippen molar-refractivity contribution in [2.45, 2.75) is 6.42 Å². The van der Waals surface area contributed by atoms with E-state index >= 15 is 0 Å². The second kappa shape index (κ2) is 5.62. The van der Waals surface area contributed by atoms with Gasteiger partial charge in [0.1, 0.15) is 12.6 Å². The summed E-state index contributed by atoms with van der Waals surface area (Å²) in [5, 5.41) is 35.6. The third-order valence-corrected chi connectivity index (χ3v) is 2.39. The van der Waals surface area contributed by atoms with Crippen LogP contribution in [0.4, 0.5) is 0 Å². The normalized spacial score (nSPS) is 11.2. The Balaban J connectivity index is 2.36. The number of rotatable bonds is 3. The average molecular weight is 272 g/mol. The number of hydrogen-bond acceptors (Lipinski definition) is 5. The first-order chi connectivity index (χ1) is 10.0. The molecule has 0 atom stereocenters. The maximum absolute atomic E-state index is 12.0. The summed E-state index contributed by atoms with van der Waals surface area (Å²) < 4.78 is 8.34. The van der Waals surface area contributed by atoms with E-state index in [2.05, 4.69) is 10.5 Å². The topological polar surface area (TPSA) is 119 Å². The van der Waals surface area contributed by atoms with Crippen LogP contribution < -0.4 is 14.9 Å². The minimum atomic E-state index is -0.624. The van der Waals surface area contributed by atoms with E-state index in [9.17, 15) is 15.2 Å². The highest BCUT2D eigenvalue weighted by Gasteiger charge is 2.17. The Morgan fingerprint density at radius 1 is 1.55 bits per heavy atom. The third kappa shape index (κ3) is 2.62. The van der Waals surface area contributed by atoms with E-state index in [0.29, 0.717) is 9.46 Å². The molecule has 0 unspecified atom stereocenters. The molecule has 2 aromatic rings. The molecule has 0 radical (unpaired) electrons. The van der Waals surface area contributed by atoms with E-state index in [-0.39, 0.29) is 29.2 Å². The summed E-state index contributed by atoms with van der Waals surface area (Å²) in [5.74, 6) is -0.624. The predicted molar refractivity (Wildman–Crippen MR) is 67.8 cm³/mol. The summed E-state index contributed by atoms with van der Waals surface area (Å²) in [7, 11) is 0. The van der Waals surface area contributed by atoms with Crippen LogP contribution in [0.5, 0.6) is 0 Å². The van der Waals surface area contributed by atoms with Crippen LogP contribution in [0.2, 0.25) is 0 Å². The zero-order chi connectivity index (χ0) is 15.4. The van der Waals surface area contributed by atoms with E-state index in [1.165, 1.54) is 18.2 Å². The monoisotopic (exact) mass is 272 g/mol. The van der Waals surface area contributed by atoms with Gasteiger partial charge in [0.15, 0.2) is 0 Å². The highest BCUT2D eigenvalue weighted by atomic mass is 16.5. The van der Waals surface area contributed by atoms with Crippen LogP contribution in [-0.2, 0) is 4.79 Å². The Morgan fingerprint density at radius 2 is 2.35 bits per heavy atom. The van der Waals surface area contributed by atoms with Gasteiger partial charge < -0.3 is 10.4 Å². The maximum Gasteiger partial charge on any atom is 0.302 e. The lowest BCUT2D eigenvalue weighted by Crippen LogP contribution is -2.41. The van der Waals surface area contributed by atoms with Crippen molar-refractivity contribution >= 4 is 23.2 Å². The van der Waals surface area contributed by atoms with Crippen LogP contribution in [0.25, 0.3) is 11.0 Å². The van der Waals surface area contributed by atoms with Crippen LogP contribution in [0.15, 0.2) is 35.5 Å². The van der Waals surface area contributed by atoms with Crippen molar-refractivity contribution < 1.29 is 15.6 Å². The van der Waals surface area contributed by atoms with Crippen molar-refractivity contribution in [2.24, 2.45) is 5.10 Å². The van der Waals surface area contributed by atoms with Crippen LogP contribution in [0.1, 0.15) is 13.5 Å². The molecule has 8 heteroatoms. The first-order valence-corrected chi connectivity index (χ1v) is 5.48. The number of benzene rings is 1. The largest absolute Gasteiger partial charge is 0.618 e. The van der Waals surface area contributed by atoms with Crippen LogP contribution in [-0.4, -0.2) is 12.1 Å². The Bertz CT molecular complexity index is 785. The molecule has 20 heavy (non-hydrogen) atoms. The molecule has 2 rings (SSSR count). The van der Waals surface area contributed by atoms with E-state index in [4.69, 9.17) is 6.63 Å². The molecule has 8 nitrogen and oxygen atoms in total. The van der Waals surface area contributed by atoms with Gasteiger partial charge in [-0.1, -0.05) is 12.1 Å². The van der Waals surface area contributed by atoms with E-state index in [1.807, 2.05) is 0 Å². The van der Waals surface area contributed by atoms with Gasteiger partial charge in [-0.05, 0) is 0 Å². The number of amides is 1. The fraction of sp³-hybridized carbons (Fsp3) is 0.0833. The molecule has 0 fully saturated rings. The molecule has 0 aliphatic rings. The number of fused-ring (bicyclic) bond motifs is 1. The molecule has 1 aromatic carbocycles. The number of carbonyl (C=O) groups excluding carboxylic acids is 1. The van der Waals surface area contributed by atoms with Gasteiger partial charge in [-0.3, -0.25) is 4.79 Å². The van der Waals surface area contributed by atoms with Gasteiger partial charge in [0, 0.05) is 12.1 Å². The highest BCUT2D eigenvalue weighted by molar-refractivity contribution is 5.81. The molecule has 0 aliphatic carbocycles. The first kappa shape index (κ1) is 11.9. The Hall–Kier alpha value is -3.21. The number of aromatic nitrogens is 2. The first-order valence-electron chi connectivity index (χ1n) is 5.98. The number of hydrazone groups is 1. The van der Waals surface area contributed by atoms with Gasteiger partial charge >= 0.3 is 5.69 Å². The van der Waals surface area contributed by atoms with Gasteiger partial charge in [0.05, 0.1) is 7.44 Å². The van der Waals surface area contributed by atoms with Crippen molar-refractivity contribution in [3.63, 3.8) is 0 Å². The fourth-order valence-corrected chi connectivity index (χ4v) is 1.51. The Kier molecular flexibility index (Phi) is 3.33. The summed E-state index contributed by atoms with van der Waals surface area (Å²) in [6, 6.07) is 5.75. The SMILES string of the molecule is [2H]c1ccc2c(c1)[n+]([O-])cc(/C=N/NC(=O)CC#N)[n+]2[O-]. The fourth-order valence-electron chi connectivity index (χ4n) is 1.51. The number of nitriles is 1. The number of para-hydroxylation sites is 2. The molecule has 1 amide bonds. The molecule has 1 heterocycles. The molecule has 0 saturated carbocycles. The highest BCUT2D eigenvalue weighted by Crippen LogP contribution is 2.03. The van der Waals surface area contributed by atoms with Crippen LogP contribution in [0.3, 0.4) is 0 Å². The number of nitrogens with one attached hydrogen (secondary N) is 1. The van der Waals surface area contributed by atoms with Crippen LogP contribution in [0, 0.1) is 21.7 Å². The van der Waals surface area contributed by atoms with Crippen molar-refractivity contribution in [2.75, 3.05) is 0 Å². The number of nitrogens with zero attached hydrogens (tertiary/aromatic N) is 4. The number of carbonyl (C=O) groups is 1. The van der Waals surface area contributed by atoms with E-state index in [1.54, 1.807) is 6.07 Å². The maximum atomic E-state index is 12.0. The summed E-state index contributed by atoms with van der Waals surface area (Å²) in [4.78, 5) is 11.0. The molecule has 0 bridgehead atoms. The summed E-state index contributed by atoms with van der Waals surface area (Å²) in [5.41, 5.74) is 2.10. The lowest BCUT2D eigenvalue weighted by molar-refractivity contribution is -0.629. The van der Waals surface area contributed by atoms with Crippen molar-refractivity contribution in [3.8, 4) is 6.07 Å². The van der Waals surface area contributed by atoms with Crippen molar-refractivity contribution in [1.29, 1.82) is 5.26 Å². The van der Waals surface area contributed by atoms with E-state index < -0.39 is 5.91 Å². The minimum Gasteiger partial charge on any atom is -0.618 e. The summed E-state index contributed by atoms with van der Waals surface area (Å²) >= 11 is 0. The van der Waals surface area contributed by atoms with Gasteiger partial charge in [-0.2, -0.15) is 19.8 Å². The number of hydrogen-bond donors (Lipinski definition) is 1. The lowest BCUT2D eigenvalue weighted by atomic mass is 10.3. The molecular weight excluding hydrogens is 262 g/mol. The standard InChI is InChI=1S/C12H9N5O3/c13-6-5-12(18)15-14-7-9-8-16(19)10-3-1-2-4-11(10)17(9)20/h1-4,7-8H,5H2,(H,15,18)/b14-7+/i1D. The predicted octanol–water partition coefficient (Wildman–Crippen LogP) is -0.530. The molecule has 0 aliphatic heterocycles. The molecule has 1 N–H and O–H groups in total. The van der Waals surface area contributed by atoms with E-state index in [0.717, 1.165) is 12.4 Å². The second-order valence-corrected chi connectivity index (χ2v) is 3.72. The third-order valence-electron chi connectivity index (χ3n) is 2.39. The molecule has 100 valence electrons. The molecule has 0 saturated heterocycles. The van der Waals surface area contributed by atoms with Gasteiger partial charge in [0.25, 0.3) is 23.1 Å². The smallest absolute Gasteiger partial charge is 0.302 e. The average Bonchev–Trinajstić information content (AvgIpc) is 2.44. The zero-order valence-corrected chi connectivity index (χ0v) is 10.1. The Labute approximate surface area is 114 Å². The van der Waals surface area contributed by atoms with Gasteiger partial charge in [-0.25, -0.2) is 5.43 Å². The quantitative estimate of drug-likeness (QED) is 0.349. The summed E-state index contributed by atoms with van der Waals surface area (Å²) in [6.45, 7) is 0. The minimum absolute atomic E-state index is 0.0585. The van der Waals surface area contributed by atoms with Crippen molar-refractivity contribution in [1.82, 2.24) is 5.43 Å². The molecule has 0 spiro atoms. The van der Waals surface area contributed by atoms with Crippen molar-refractivity contribution in [3.05, 3.63) is 46.5 Å². The van der Waals surface area contributed by atoms with Gasteiger partial charge in [-0.15, -0.1) is 0 Å².